The molecule has 1 saturated carbocycles. The molecule has 0 N–H and O–H groups in total. The number of allylic oxidation sites excluding steroid dienone is 3. The summed E-state index contributed by atoms with van der Waals surface area (Å²) in [6, 6.07) is 0. The maximum Gasteiger partial charge on any atom is 0.115 e. The van der Waals surface area contributed by atoms with Crippen LogP contribution in [0.4, 0.5) is 0 Å². The molecule has 16 heavy (non-hydrogen) atoms. The normalized spacial score (nSPS) is 35.4. The zero-order chi connectivity index (χ0) is 11.0. The minimum atomic E-state index is 0.0293. The molecule has 0 aromatic rings. The Bertz CT molecular complexity index is 320. The van der Waals surface area contributed by atoms with Crippen molar-refractivity contribution in [3.05, 3.63) is 23.8 Å². The molecule has 2 atom stereocenters. The molecule has 1 aliphatic heterocycles. The molecule has 0 aromatic heterocycles. The first-order valence-corrected chi connectivity index (χ1v) is 6.45. The van der Waals surface area contributed by atoms with Gasteiger partial charge in [-0.15, -0.1) is 0 Å². The Kier molecular flexibility index (Phi) is 2.64. The van der Waals surface area contributed by atoms with Crippen LogP contribution in [0.2, 0.25) is 0 Å². The molecule has 0 aromatic carbocycles. The Morgan fingerprint density at radius 1 is 1.44 bits per heavy atom. The van der Waals surface area contributed by atoms with Crippen molar-refractivity contribution in [2.75, 3.05) is 13.2 Å². The van der Waals surface area contributed by atoms with Gasteiger partial charge in [0.15, 0.2) is 0 Å². The van der Waals surface area contributed by atoms with Crippen molar-refractivity contribution in [3.63, 3.8) is 0 Å². The lowest BCUT2D eigenvalue weighted by molar-refractivity contribution is -0.224. The van der Waals surface area contributed by atoms with Crippen molar-refractivity contribution in [2.45, 2.75) is 44.3 Å². The maximum absolute atomic E-state index is 6.33. The number of fused-ring (bicyclic) bond motifs is 1. The predicted octanol–water partition coefficient (Wildman–Crippen LogP) is 2.85. The molecular weight excluding hydrogens is 200 g/mol. The summed E-state index contributed by atoms with van der Waals surface area (Å²) in [5.74, 6) is 0.755. The van der Waals surface area contributed by atoms with Crippen LogP contribution >= 0.6 is 0 Å². The minimum Gasteiger partial charge on any atom is -0.375 e. The number of ether oxygens (including phenoxy) is 2. The van der Waals surface area contributed by atoms with E-state index < -0.39 is 0 Å². The highest BCUT2D eigenvalue weighted by atomic mass is 16.6. The molecular formula is C14H20O2. The van der Waals surface area contributed by atoms with E-state index in [1.807, 2.05) is 0 Å². The maximum atomic E-state index is 6.33. The fourth-order valence-corrected chi connectivity index (χ4v) is 2.98. The number of rotatable bonds is 3. The predicted molar refractivity (Wildman–Crippen MR) is 63.3 cm³/mol. The van der Waals surface area contributed by atoms with Crippen LogP contribution in [-0.2, 0) is 9.47 Å². The highest BCUT2D eigenvalue weighted by Crippen LogP contribution is 2.41. The molecule has 1 heterocycles. The van der Waals surface area contributed by atoms with E-state index in [2.05, 4.69) is 25.2 Å². The van der Waals surface area contributed by atoms with E-state index in [4.69, 9.17) is 9.47 Å². The van der Waals surface area contributed by atoms with E-state index in [-0.39, 0.29) is 5.60 Å². The smallest absolute Gasteiger partial charge is 0.115 e. The van der Waals surface area contributed by atoms with E-state index in [9.17, 15) is 0 Å². The molecule has 0 amide bonds. The Balaban J connectivity index is 1.71. The van der Waals surface area contributed by atoms with Crippen LogP contribution in [0.25, 0.3) is 0 Å². The highest BCUT2D eigenvalue weighted by Gasteiger charge is 2.43. The van der Waals surface area contributed by atoms with Gasteiger partial charge in [-0.1, -0.05) is 25.2 Å². The third kappa shape index (κ3) is 1.64. The average Bonchev–Trinajstić information content (AvgIpc) is 2.67. The van der Waals surface area contributed by atoms with Crippen molar-refractivity contribution in [2.24, 2.45) is 5.92 Å². The van der Waals surface area contributed by atoms with Gasteiger partial charge in [0, 0.05) is 0 Å². The summed E-state index contributed by atoms with van der Waals surface area (Å²) in [5.41, 5.74) is 1.56. The van der Waals surface area contributed by atoms with Crippen LogP contribution in [0.15, 0.2) is 23.8 Å². The third-order valence-electron chi connectivity index (χ3n) is 4.23. The fourth-order valence-electron chi connectivity index (χ4n) is 2.98. The summed E-state index contributed by atoms with van der Waals surface area (Å²) in [6.07, 6.45) is 11.9. The molecule has 88 valence electrons. The molecule has 0 radical (unpaired) electrons. The quantitative estimate of drug-likeness (QED) is 0.728. The van der Waals surface area contributed by atoms with Gasteiger partial charge in [0.05, 0.1) is 19.3 Å². The minimum absolute atomic E-state index is 0.0293. The molecule has 0 bridgehead atoms. The van der Waals surface area contributed by atoms with Gasteiger partial charge in [-0.25, -0.2) is 0 Å². The Labute approximate surface area is 97.3 Å². The van der Waals surface area contributed by atoms with E-state index in [1.165, 1.54) is 24.8 Å². The van der Waals surface area contributed by atoms with Crippen LogP contribution < -0.4 is 0 Å². The van der Waals surface area contributed by atoms with Gasteiger partial charge in [0.25, 0.3) is 0 Å². The summed E-state index contributed by atoms with van der Waals surface area (Å²) in [6.45, 7) is 3.77. The summed E-state index contributed by atoms with van der Waals surface area (Å²) < 4.78 is 11.6. The summed E-state index contributed by atoms with van der Waals surface area (Å²) in [5, 5.41) is 0. The Hall–Kier alpha value is -0.600. The molecule has 1 saturated heterocycles. The van der Waals surface area contributed by atoms with Crippen molar-refractivity contribution < 1.29 is 9.47 Å². The average molecular weight is 220 g/mol. The lowest BCUT2D eigenvalue weighted by Gasteiger charge is -2.42. The highest BCUT2D eigenvalue weighted by molar-refractivity contribution is 5.27. The Morgan fingerprint density at radius 3 is 3.00 bits per heavy atom. The zero-order valence-corrected chi connectivity index (χ0v) is 9.95. The van der Waals surface area contributed by atoms with Crippen molar-refractivity contribution in [3.8, 4) is 0 Å². The van der Waals surface area contributed by atoms with E-state index in [0.29, 0.717) is 6.10 Å². The molecule has 2 nitrogen and oxygen atoms in total. The summed E-state index contributed by atoms with van der Waals surface area (Å²) in [7, 11) is 0. The van der Waals surface area contributed by atoms with Gasteiger partial charge < -0.3 is 9.47 Å². The first-order chi connectivity index (χ1) is 7.83. The van der Waals surface area contributed by atoms with Crippen LogP contribution in [0.5, 0.6) is 0 Å². The molecule has 0 spiro atoms. The van der Waals surface area contributed by atoms with Crippen LogP contribution in [0, 0.1) is 5.92 Å². The second-order valence-corrected chi connectivity index (χ2v) is 5.24. The van der Waals surface area contributed by atoms with E-state index in [1.54, 1.807) is 0 Å². The molecule has 2 heteroatoms. The van der Waals surface area contributed by atoms with E-state index in [0.717, 1.165) is 25.6 Å². The lowest BCUT2D eigenvalue weighted by atomic mass is 9.93. The largest absolute Gasteiger partial charge is 0.375 e. The van der Waals surface area contributed by atoms with Gasteiger partial charge >= 0.3 is 0 Å². The van der Waals surface area contributed by atoms with Gasteiger partial charge in [-0.2, -0.15) is 0 Å². The van der Waals surface area contributed by atoms with Gasteiger partial charge in [-0.05, 0) is 37.2 Å². The second kappa shape index (κ2) is 4.01. The number of hydrogen-bond acceptors (Lipinski definition) is 2. The SMILES string of the molecule is CCC1(OC2CCC3CC=CC=C32)COC1. The summed E-state index contributed by atoms with van der Waals surface area (Å²) >= 11 is 0. The first-order valence-electron chi connectivity index (χ1n) is 6.45. The topological polar surface area (TPSA) is 18.5 Å². The zero-order valence-electron chi connectivity index (χ0n) is 9.95. The van der Waals surface area contributed by atoms with Gasteiger partial charge in [0.1, 0.15) is 5.60 Å². The van der Waals surface area contributed by atoms with Crippen molar-refractivity contribution in [1.29, 1.82) is 0 Å². The van der Waals surface area contributed by atoms with E-state index >= 15 is 0 Å². The lowest BCUT2D eigenvalue weighted by Crippen LogP contribution is -2.53. The molecule has 2 unspecified atom stereocenters. The van der Waals surface area contributed by atoms with Gasteiger partial charge in [-0.3, -0.25) is 0 Å². The summed E-state index contributed by atoms with van der Waals surface area (Å²) in [4.78, 5) is 0. The standard InChI is InChI=1S/C14H20O2/c1-2-14(9-15-10-14)16-13-8-7-11-5-3-4-6-12(11)13/h3-4,6,11,13H,2,5,7-10H2,1H3. The second-order valence-electron chi connectivity index (χ2n) is 5.24. The van der Waals surface area contributed by atoms with Crippen LogP contribution in [0.3, 0.4) is 0 Å². The fraction of sp³-hybridized carbons (Fsp3) is 0.714. The Morgan fingerprint density at radius 2 is 2.31 bits per heavy atom. The molecule has 3 rings (SSSR count). The van der Waals surface area contributed by atoms with Crippen LogP contribution in [0.1, 0.15) is 32.6 Å². The van der Waals surface area contributed by atoms with Crippen molar-refractivity contribution in [1.82, 2.24) is 0 Å². The van der Waals surface area contributed by atoms with Crippen molar-refractivity contribution >= 4 is 0 Å². The molecule has 2 fully saturated rings. The first kappa shape index (κ1) is 10.5. The monoisotopic (exact) mass is 220 g/mol. The molecule has 2 aliphatic carbocycles. The van der Waals surface area contributed by atoms with Crippen LogP contribution in [-0.4, -0.2) is 24.9 Å². The molecule has 3 aliphatic rings. The third-order valence-corrected chi connectivity index (χ3v) is 4.23. The van der Waals surface area contributed by atoms with Gasteiger partial charge in [0.2, 0.25) is 0 Å². The number of hydrogen-bond donors (Lipinski definition) is 0.